The highest BCUT2D eigenvalue weighted by molar-refractivity contribution is 7.94. The molecule has 0 aromatic heterocycles. The van der Waals surface area contributed by atoms with Crippen LogP contribution in [-0.2, 0) is 14.6 Å². The van der Waals surface area contributed by atoms with E-state index < -0.39 is 9.84 Å². The molecule has 0 spiro atoms. The highest BCUT2D eigenvalue weighted by Crippen LogP contribution is 2.28. The molecule has 6 heteroatoms. The van der Waals surface area contributed by atoms with Crippen LogP contribution in [0.1, 0.15) is 25.7 Å². The third-order valence-electron chi connectivity index (χ3n) is 3.81. The van der Waals surface area contributed by atoms with Gasteiger partial charge < -0.3 is 11.1 Å². The average Bonchev–Trinajstić information content (AvgIpc) is 2.68. The van der Waals surface area contributed by atoms with E-state index in [-0.39, 0.29) is 23.6 Å². The first-order chi connectivity index (χ1) is 8.50. The number of sulfone groups is 1. The Hall–Kier alpha value is -0.880. The van der Waals surface area contributed by atoms with Crippen molar-refractivity contribution in [2.24, 2.45) is 17.6 Å². The van der Waals surface area contributed by atoms with Gasteiger partial charge in [-0.25, -0.2) is 8.42 Å². The summed E-state index contributed by atoms with van der Waals surface area (Å²) in [6.07, 6.45) is 5.26. The van der Waals surface area contributed by atoms with Crippen molar-refractivity contribution in [2.75, 3.05) is 12.3 Å². The molecule has 0 radical (unpaired) electrons. The Balaban J connectivity index is 1.81. The molecule has 1 unspecified atom stereocenters. The van der Waals surface area contributed by atoms with Crippen LogP contribution >= 0.6 is 0 Å². The Morgan fingerprint density at radius 3 is 2.44 bits per heavy atom. The first-order valence-electron chi connectivity index (χ1n) is 6.41. The van der Waals surface area contributed by atoms with Crippen molar-refractivity contribution in [1.82, 2.24) is 5.32 Å². The molecule has 1 aliphatic carbocycles. The molecule has 2 aliphatic rings. The lowest BCUT2D eigenvalue weighted by Gasteiger charge is -2.27. The number of nitrogens with two attached hydrogens (primary N) is 1. The molecular weight excluding hydrogens is 252 g/mol. The third-order valence-corrected chi connectivity index (χ3v) is 5.20. The second kappa shape index (κ2) is 5.40. The van der Waals surface area contributed by atoms with E-state index in [0.29, 0.717) is 12.5 Å². The molecule has 1 atom stereocenters. The molecule has 1 amide bonds. The normalized spacial score (nSPS) is 34.4. The van der Waals surface area contributed by atoms with Crippen molar-refractivity contribution >= 4 is 15.7 Å². The zero-order valence-corrected chi connectivity index (χ0v) is 11.2. The third kappa shape index (κ3) is 3.32. The van der Waals surface area contributed by atoms with Gasteiger partial charge in [0.05, 0.1) is 11.8 Å². The molecule has 1 saturated carbocycles. The smallest absolute Gasteiger partial charge is 0.223 e. The number of hydrogen-bond acceptors (Lipinski definition) is 4. The maximum absolute atomic E-state index is 12.0. The summed E-state index contributed by atoms with van der Waals surface area (Å²) in [4.78, 5) is 12.0. The van der Waals surface area contributed by atoms with Crippen LogP contribution in [0.5, 0.6) is 0 Å². The van der Waals surface area contributed by atoms with Crippen LogP contribution in [0.15, 0.2) is 11.5 Å². The summed E-state index contributed by atoms with van der Waals surface area (Å²) in [6, 6.07) is -0.352. The average molecular weight is 272 g/mol. The van der Waals surface area contributed by atoms with E-state index in [9.17, 15) is 13.2 Å². The number of carbonyl (C=O) groups excluding carboxylic acids is 1. The number of nitrogens with one attached hydrogen (secondary N) is 1. The summed E-state index contributed by atoms with van der Waals surface area (Å²) < 4.78 is 22.5. The Bertz CT molecular complexity index is 436. The minimum atomic E-state index is -3.10. The lowest BCUT2D eigenvalue weighted by atomic mass is 9.81. The van der Waals surface area contributed by atoms with Gasteiger partial charge >= 0.3 is 0 Å². The van der Waals surface area contributed by atoms with Gasteiger partial charge in [-0.3, -0.25) is 4.79 Å². The van der Waals surface area contributed by atoms with Gasteiger partial charge in [-0.1, -0.05) is 0 Å². The number of amides is 1. The molecule has 0 saturated heterocycles. The van der Waals surface area contributed by atoms with Crippen molar-refractivity contribution < 1.29 is 13.2 Å². The molecule has 0 aromatic carbocycles. The minimum Gasteiger partial charge on any atom is -0.349 e. The van der Waals surface area contributed by atoms with Gasteiger partial charge in [0.2, 0.25) is 5.91 Å². The summed E-state index contributed by atoms with van der Waals surface area (Å²) >= 11 is 0. The highest BCUT2D eigenvalue weighted by Gasteiger charge is 2.29. The topological polar surface area (TPSA) is 89.3 Å². The molecule has 102 valence electrons. The fourth-order valence-electron chi connectivity index (χ4n) is 2.63. The fourth-order valence-corrected chi connectivity index (χ4v) is 3.86. The van der Waals surface area contributed by atoms with E-state index in [4.69, 9.17) is 5.73 Å². The first-order valence-corrected chi connectivity index (χ1v) is 8.13. The lowest BCUT2D eigenvalue weighted by Crippen LogP contribution is -2.40. The van der Waals surface area contributed by atoms with E-state index in [1.54, 1.807) is 6.08 Å². The second-order valence-electron chi connectivity index (χ2n) is 5.23. The Kier molecular flexibility index (Phi) is 4.07. The standard InChI is InChI=1S/C12H20N2O3S/c13-7-9-1-3-10(4-2-9)12(15)14-11-5-6-18(16,17)8-11/h5-6,9-11H,1-4,7-8,13H2,(H,14,15). The lowest BCUT2D eigenvalue weighted by molar-refractivity contribution is -0.126. The van der Waals surface area contributed by atoms with Crippen molar-refractivity contribution in [3.63, 3.8) is 0 Å². The van der Waals surface area contributed by atoms with Gasteiger partial charge in [-0.2, -0.15) is 0 Å². The number of hydrogen-bond donors (Lipinski definition) is 2. The van der Waals surface area contributed by atoms with Crippen LogP contribution in [-0.4, -0.2) is 32.7 Å². The van der Waals surface area contributed by atoms with E-state index in [0.717, 1.165) is 25.7 Å². The van der Waals surface area contributed by atoms with E-state index >= 15 is 0 Å². The molecule has 1 aliphatic heterocycles. The van der Waals surface area contributed by atoms with Crippen molar-refractivity contribution in [1.29, 1.82) is 0 Å². The van der Waals surface area contributed by atoms with Crippen LogP contribution in [0.25, 0.3) is 0 Å². The molecule has 3 N–H and O–H groups in total. The van der Waals surface area contributed by atoms with Gasteiger partial charge in [-0.15, -0.1) is 0 Å². The molecule has 2 rings (SSSR count). The van der Waals surface area contributed by atoms with Gasteiger partial charge in [0.1, 0.15) is 0 Å². The van der Waals surface area contributed by atoms with Crippen molar-refractivity contribution in [3.8, 4) is 0 Å². The van der Waals surface area contributed by atoms with Crippen molar-refractivity contribution in [3.05, 3.63) is 11.5 Å². The number of carbonyl (C=O) groups is 1. The fraction of sp³-hybridized carbons (Fsp3) is 0.750. The zero-order chi connectivity index (χ0) is 13.2. The van der Waals surface area contributed by atoms with E-state index in [1.807, 2.05) is 0 Å². The Morgan fingerprint density at radius 1 is 1.28 bits per heavy atom. The van der Waals surface area contributed by atoms with Gasteiger partial charge in [-0.05, 0) is 44.2 Å². The molecule has 18 heavy (non-hydrogen) atoms. The zero-order valence-electron chi connectivity index (χ0n) is 10.3. The Labute approximate surface area is 108 Å². The molecule has 0 bridgehead atoms. The molecule has 5 nitrogen and oxygen atoms in total. The van der Waals surface area contributed by atoms with Gasteiger partial charge in [0, 0.05) is 11.3 Å². The van der Waals surface area contributed by atoms with E-state index in [1.165, 1.54) is 5.41 Å². The molecule has 0 aromatic rings. The van der Waals surface area contributed by atoms with E-state index in [2.05, 4.69) is 5.32 Å². The van der Waals surface area contributed by atoms with Crippen LogP contribution in [0.4, 0.5) is 0 Å². The SMILES string of the molecule is NCC1CCC(C(=O)NC2C=CS(=O)(=O)C2)CC1. The Morgan fingerprint density at radius 2 is 1.94 bits per heavy atom. The quantitative estimate of drug-likeness (QED) is 0.767. The number of rotatable bonds is 3. The summed E-state index contributed by atoms with van der Waals surface area (Å²) in [5.74, 6) is 0.541. The van der Waals surface area contributed by atoms with Crippen LogP contribution < -0.4 is 11.1 Å². The summed E-state index contributed by atoms with van der Waals surface area (Å²) in [5.41, 5.74) is 5.61. The van der Waals surface area contributed by atoms with Crippen LogP contribution in [0, 0.1) is 11.8 Å². The first kappa shape index (κ1) is 13.5. The molecule has 1 heterocycles. The van der Waals surface area contributed by atoms with Crippen LogP contribution in [0.2, 0.25) is 0 Å². The maximum Gasteiger partial charge on any atom is 0.223 e. The second-order valence-corrected chi connectivity index (χ2v) is 7.16. The molecular formula is C12H20N2O3S. The minimum absolute atomic E-state index is 0.00309. The molecule has 1 fully saturated rings. The van der Waals surface area contributed by atoms with Gasteiger partial charge in [0.25, 0.3) is 0 Å². The summed E-state index contributed by atoms with van der Waals surface area (Å²) in [5, 5.41) is 3.98. The van der Waals surface area contributed by atoms with Crippen molar-refractivity contribution in [2.45, 2.75) is 31.7 Å². The van der Waals surface area contributed by atoms with Crippen LogP contribution in [0.3, 0.4) is 0 Å². The highest BCUT2D eigenvalue weighted by atomic mass is 32.2. The summed E-state index contributed by atoms with van der Waals surface area (Å²) in [7, 11) is -3.10. The largest absolute Gasteiger partial charge is 0.349 e. The summed E-state index contributed by atoms with van der Waals surface area (Å²) in [6.45, 7) is 0.692. The van der Waals surface area contributed by atoms with Gasteiger partial charge in [0.15, 0.2) is 9.84 Å². The maximum atomic E-state index is 12.0. The monoisotopic (exact) mass is 272 g/mol. The predicted molar refractivity (Wildman–Crippen MR) is 69.4 cm³/mol. The predicted octanol–water partition coefficient (Wildman–Crippen LogP) is 0.178.